The first kappa shape index (κ1) is 12.0. The topological polar surface area (TPSA) is 54.2 Å². The zero-order valence-corrected chi connectivity index (χ0v) is 11.3. The van der Waals surface area contributed by atoms with Crippen LogP contribution in [0.2, 0.25) is 0 Å². The van der Waals surface area contributed by atoms with Crippen molar-refractivity contribution in [2.45, 2.75) is 32.9 Å². The van der Waals surface area contributed by atoms with E-state index in [1.54, 1.807) is 0 Å². The Hall–Kier alpha value is -2.04. The molecule has 5 heteroatoms. The third kappa shape index (κ3) is 2.28. The van der Waals surface area contributed by atoms with Crippen molar-refractivity contribution in [3.05, 3.63) is 36.0 Å². The van der Waals surface area contributed by atoms with Crippen LogP contribution < -0.4 is 10.2 Å². The summed E-state index contributed by atoms with van der Waals surface area (Å²) in [6.45, 7) is 5.80. The van der Waals surface area contributed by atoms with E-state index < -0.39 is 0 Å². The molecule has 0 spiro atoms. The molecular weight excluding hydrogens is 240 g/mol. The number of hydrogen-bond acceptors (Lipinski definition) is 5. The molecule has 0 saturated carbocycles. The number of aryl methyl sites for hydroxylation is 1. The van der Waals surface area contributed by atoms with Gasteiger partial charge >= 0.3 is 0 Å². The summed E-state index contributed by atoms with van der Waals surface area (Å²) in [5, 5.41) is 7.39. The van der Waals surface area contributed by atoms with Crippen LogP contribution in [0.3, 0.4) is 0 Å². The van der Waals surface area contributed by atoms with Gasteiger partial charge in [-0.2, -0.15) is 4.98 Å². The van der Waals surface area contributed by atoms with Crippen LogP contribution in [0.5, 0.6) is 0 Å². The minimum Gasteiger partial charge on any atom is -0.381 e. The van der Waals surface area contributed by atoms with E-state index in [-0.39, 0.29) is 0 Å². The molecule has 19 heavy (non-hydrogen) atoms. The van der Waals surface area contributed by atoms with Gasteiger partial charge in [0.15, 0.2) is 5.82 Å². The fourth-order valence-electron chi connectivity index (χ4n) is 2.36. The number of para-hydroxylation sites is 2. The maximum atomic E-state index is 5.30. The average Bonchev–Trinajstić information content (AvgIpc) is 2.90. The highest BCUT2D eigenvalue weighted by Gasteiger charge is 2.24. The van der Waals surface area contributed by atoms with Crippen molar-refractivity contribution < 1.29 is 4.52 Å². The Labute approximate surface area is 112 Å². The number of nitrogens with one attached hydrogen (secondary N) is 1. The molecule has 2 heterocycles. The maximum Gasteiger partial charge on any atom is 0.246 e. The molecule has 100 valence electrons. The number of rotatable bonds is 3. The molecule has 0 saturated heterocycles. The highest BCUT2D eigenvalue weighted by Crippen LogP contribution is 2.31. The van der Waals surface area contributed by atoms with E-state index in [9.17, 15) is 0 Å². The van der Waals surface area contributed by atoms with E-state index in [0.29, 0.717) is 18.5 Å². The minimum absolute atomic E-state index is 0.395. The van der Waals surface area contributed by atoms with Crippen molar-refractivity contribution in [2.24, 2.45) is 0 Å². The molecule has 1 aromatic heterocycles. The molecule has 1 atom stereocenters. The zero-order valence-electron chi connectivity index (χ0n) is 11.3. The van der Waals surface area contributed by atoms with E-state index in [1.165, 1.54) is 5.69 Å². The van der Waals surface area contributed by atoms with Crippen LogP contribution in [0.1, 0.15) is 25.6 Å². The number of benzene rings is 1. The van der Waals surface area contributed by atoms with Crippen molar-refractivity contribution in [2.75, 3.05) is 16.8 Å². The van der Waals surface area contributed by atoms with Crippen LogP contribution in [0, 0.1) is 0 Å². The Balaban J connectivity index is 1.87. The molecule has 1 N–H and O–H groups in total. The van der Waals surface area contributed by atoms with Gasteiger partial charge < -0.3 is 14.7 Å². The van der Waals surface area contributed by atoms with E-state index in [2.05, 4.69) is 45.5 Å². The van der Waals surface area contributed by atoms with Crippen LogP contribution in [-0.4, -0.2) is 22.7 Å². The maximum absolute atomic E-state index is 5.30. The molecule has 1 aliphatic heterocycles. The van der Waals surface area contributed by atoms with Crippen molar-refractivity contribution in [3.63, 3.8) is 0 Å². The third-order valence-electron chi connectivity index (χ3n) is 3.47. The fraction of sp³-hybridized carbons (Fsp3) is 0.429. The summed E-state index contributed by atoms with van der Waals surface area (Å²) in [7, 11) is 0. The van der Waals surface area contributed by atoms with E-state index in [1.807, 2.05) is 13.0 Å². The molecule has 1 aliphatic rings. The second kappa shape index (κ2) is 4.91. The predicted octanol–water partition coefficient (Wildman–Crippen LogP) is 2.45. The lowest BCUT2D eigenvalue weighted by Crippen LogP contribution is -2.41. The summed E-state index contributed by atoms with van der Waals surface area (Å²) in [5.41, 5.74) is 2.35. The molecule has 5 nitrogen and oxygen atoms in total. The van der Waals surface area contributed by atoms with Gasteiger partial charge in [-0.05, 0) is 19.1 Å². The first-order chi connectivity index (χ1) is 9.28. The van der Waals surface area contributed by atoms with Gasteiger partial charge in [-0.15, -0.1) is 0 Å². The van der Waals surface area contributed by atoms with Gasteiger partial charge in [-0.25, -0.2) is 0 Å². The molecule has 3 rings (SSSR count). The van der Waals surface area contributed by atoms with Gasteiger partial charge in [0.2, 0.25) is 5.89 Å². The Kier molecular flexibility index (Phi) is 3.11. The van der Waals surface area contributed by atoms with Crippen molar-refractivity contribution in [1.82, 2.24) is 10.1 Å². The van der Waals surface area contributed by atoms with Crippen LogP contribution in [-0.2, 0) is 13.0 Å². The highest BCUT2D eigenvalue weighted by atomic mass is 16.5. The number of anilines is 2. The Morgan fingerprint density at radius 2 is 2.26 bits per heavy atom. The second-order valence-corrected chi connectivity index (χ2v) is 4.83. The normalized spacial score (nSPS) is 18.0. The van der Waals surface area contributed by atoms with Crippen molar-refractivity contribution in [1.29, 1.82) is 0 Å². The second-order valence-electron chi connectivity index (χ2n) is 4.83. The van der Waals surface area contributed by atoms with Crippen molar-refractivity contribution >= 4 is 11.4 Å². The highest BCUT2D eigenvalue weighted by molar-refractivity contribution is 5.72. The zero-order chi connectivity index (χ0) is 13.2. The predicted molar refractivity (Wildman–Crippen MR) is 74.3 cm³/mol. The summed E-state index contributed by atoms with van der Waals surface area (Å²) in [4.78, 5) is 6.69. The largest absolute Gasteiger partial charge is 0.381 e. The Bertz CT molecular complexity index is 566. The first-order valence-corrected chi connectivity index (χ1v) is 6.69. The Morgan fingerprint density at radius 3 is 3.05 bits per heavy atom. The van der Waals surface area contributed by atoms with Gasteiger partial charge in [-0.1, -0.05) is 24.2 Å². The van der Waals surface area contributed by atoms with Crippen LogP contribution in [0.4, 0.5) is 11.4 Å². The minimum atomic E-state index is 0.395. The van der Waals surface area contributed by atoms with Crippen LogP contribution >= 0.6 is 0 Å². The van der Waals surface area contributed by atoms with Crippen LogP contribution in [0.15, 0.2) is 28.8 Å². The van der Waals surface area contributed by atoms with Crippen molar-refractivity contribution in [3.8, 4) is 0 Å². The van der Waals surface area contributed by atoms with Gasteiger partial charge in [0.25, 0.3) is 0 Å². The molecule has 2 aromatic rings. The molecule has 0 fully saturated rings. The fourth-order valence-corrected chi connectivity index (χ4v) is 2.36. The van der Waals surface area contributed by atoms with E-state index in [4.69, 9.17) is 4.52 Å². The smallest absolute Gasteiger partial charge is 0.246 e. The van der Waals surface area contributed by atoms with Crippen LogP contribution in [0.25, 0.3) is 0 Å². The summed E-state index contributed by atoms with van der Waals surface area (Å²) >= 11 is 0. The lowest BCUT2D eigenvalue weighted by molar-refractivity contribution is 0.367. The standard InChI is InChI=1S/C14H18N4O/c1-3-13-16-14(19-17-13)9-18-10(2)8-15-11-6-4-5-7-12(11)18/h4-7,10,15H,3,8-9H2,1-2H3. The van der Waals surface area contributed by atoms with Gasteiger partial charge in [-0.3, -0.25) is 0 Å². The monoisotopic (exact) mass is 258 g/mol. The molecular formula is C14H18N4O. The lowest BCUT2D eigenvalue weighted by Gasteiger charge is -2.36. The molecule has 0 bridgehead atoms. The summed E-state index contributed by atoms with van der Waals surface area (Å²) in [6, 6.07) is 8.71. The van der Waals surface area contributed by atoms with Gasteiger partial charge in [0.05, 0.1) is 17.9 Å². The third-order valence-corrected chi connectivity index (χ3v) is 3.47. The van der Waals surface area contributed by atoms with E-state index >= 15 is 0 Å². The summed E-state index contributed by atoms with van der Waals surface area (Å²) in [5.74, 6) is 1.45. The number of aromatic nitrogens is 2. The average molecular weight is 258 g/mol. The summed E-state index contributed by atoms with van der Waals surface area (Å²) < 4.78 is 5.30. The molecule has 0 aliphatic carbocycles. The lowest BCUT2D eigenvalue weighted by atomic mass is 10.1. The number of hydrogen-bond donors (Lipinski definition) is 1. The number of nitrogens with zero attached hydrogens (tertiary/aromatic N) is 3. The summed E-state index contributed by atoms with van der Waals surface area (Å²) in [6.07, 6.45) is 0.803. The van der Waals surface area contributed by atoms with Gasteiger partial charge in [0.1, 0.15) is 0 Å². The molecule has 1 aromatic carbocycles. The SMILES string of the molecule is CCc1noc(CN2c3ccccc3NCC2C)n1. The Morgan fingerprint density at radius 1 is 1.42 bits per heavy atom. The number of fused-ring (bicyclic) bond motifs is 1. The molecule has 1 unspecified atom stereocenters. The van der Waals surface area contributed by atoms with E-state index in [0.717, 1.165) is 24.5 Å². The first-order valence-electron chi connectivity index (χ1n) is 6.69. The molecule has 0 amide bonds. The van der Waals surface area contributed by atoms with Gasteiger partial charge in [0, 0.05) is 19.0 Å². The molecule has 0 radical (unpaired) electrons. The quantitative estimate of drug-likeness (QED) is 0.916.